The van der Waals surface area contributed by atoms with Crippen molar-refractivity contribution >= 4 is 5.95 Å². The molecule has 90 valence electrons. The normalized spacial score (nSPS) is 11.5. The zero-order valence-electron chi connectivity index (χ0n) is 8.23. The first kappa shape index (κ1) is 11.2. The summed E-state index contributed by atoms with van der Waals surface area (Å²) in [5.41, 5.74) is -1.01. The lowest BCUT2D eigenvalue weighted by molar-refractivity contribution is -0.141. The first-order valence-electron chi connectivity index (χ1n) is 4.42. The minimum atomic E-state index is -4.49. The van der Waals surface area contributed by atoms with Crippen LogP contribution in [0.2, 0.25) is 0 Å². The van der Waals surface area contributed by atoms with Gasteiger partial charge in [0.05, 0.1) is 6.54 Å². The van der Waals surface area contributed by atoms with E-state index in [4.69, 9.17) is 0 Å². The van der Waals surface area contributed by atoms with E-state index in [0.29, 0.717) is 5.82 Å². The van der Waals surface area contributed by atoms with Gasteiger partial charge in [-0.25, -0.2) is 9.97 Å². The van der Waals surface area contributed by atoms with Crippen molar-refractivity contribution in [1.82, 2.24) is 30.6 Å². The minimum Gasteiger partial charge on any atom is -0.347 e. The second-order valence-electron chi connectivity index (χ2n) is 2.94. The molecule has 0 saturated carbocycles. The van der Waals surface area contributed by atoms with Crippen LogP contribution in [-0.2, 0) is 12.7 Å². The van der Waals surface area contributed by atoms with Crippen molar-refractivity contribution in [3.8, 4) is 0 Å². The third kappa shape index (κ3) is 2.86. The molecule has 2 aromatic heterocycles. The smallest absolute Gasteiger partial charge is 0.347 e. The number of anilines is 1. The van der Waals surface area contributed by atoms with Gasteiger partial charge in [0.2, 0.25) is 5.95 Å². The first-order chi connectivity index (χ1) is 8.05. The fourth-order valence-electron chi connectivity index (χ4n) is 1.02. The van der Waals surface area contributed by atoms with Gasteiger partial charge in [0.25, 0.3) is 0 Å². The molecule has 0 atom stereocenters. The Morgan fingerprint density at radius 2 is 2.18 bits per heavy atom. The third-order valence-corrected chi connectivity index (χ3v) is 1.74. The number of alkyl halides is 3. The van der Waals surface area contributed by atoms with E-state index in [-0.39, 0.29) is 12.5 Å². The van der Waals surface area contributed by atoms with Gasteiger partial charge in [-0.3, -0.25) is 0 Å². The molecule has 17 heavy (non-hydrogen) atoms. The van der Waals surface area contributed by atoms with Gasteiger partial charge >= 0.3 is 6.18 Å². The lowest BCUT2D eigenvalue weighted by Gasteiger charge is -2.07. The van der Waals surface area contributed by atoms with E-state index in [2.05, 4.69) is 35.9 Å². The fourth-order valence-corrected chi connectivity index (χ4v) is 1.02. The molecule has 0 bridgehead atoms. The Morgan fingerprint density at radius 1 is 1.35 bits per heavy atom. The van der Waals surface area contributed by atoms with Gasteiger partial charge < -0.3 is 5.32 Å². The minimum absolute atomic E-state index is 0.0812. The van der Waals surface area contributed by atoms with E-state index in [1.165, 1.54) is 0 Å². The summed E-state index contributed by atoms with van der Waals surface area (Å²) in [6, 6.07) is 0.791. The van der Waals surface area contributed by atoms with Crippen LogP contribution in [0.5, 0.6) is 0 Å². The summed E-state index contributed by atoms with van der Waals surface area (Å²) >= 11 is 0. The number of aromatic amines is 1. The molecule has 0 aromatic carbocycles. The molecule has 2 heterocycles. The number of aromatic nitrogens is 6. The second-order valence-corrected chi connectivity index (χ2v) is 2.94. The lowest BCUT2D eigenvalue weighted by Crippen LogP contribution is -2.11. The summed E-state index contributed by atoms with van der Waals surface area (Å²) in [6.45, 7) is 0.0812. The van der Waals surface area contributed by atoms with Gasteiger partial charge in [0.1, 0.15) is 5.69 Å². The van der Waals surface area contributed by atoms with Crippen molar-refractivity contribution in [3.05, 3.63) is 23.8 Å². The van der Waals surface area contributed by atoms with Crippen molar-refractivity contribution in [2.45, 2.75) is 12.7 Å². The molecule has 0 amide bonds. The van der Waals surface area contributed by atoms with Crippen molar-refractivity contribution in [1.29, 1.82) is 0 Å². The standard InChI is InChI=1S/C7H6F3N7/c8-7(9,10)4-1-2-11-6(13-4)12-3-5-14-16-17-15-5/h1-2H,3H2,(H,11,12,13)(H,14,15,16,17). The molecule has 0 fully saturated rings. The predicted octanol–water partition coefficient (Wildman–Crippen LogP) is 0.621. The monoisotopic (exact) mass is 245 g/mol. The van der Waals surface area contributed by atoms with Gasteiger partial charge in [-0.2, -0.15) is 18.4 Å². The van der Waals surface area contributed by atoms with E-state index in [9.17, 15) is 13.2 Å². The van der Waals surface area contributed by atoms with Crippen LogP contribution in [0.4, 0.5) is 19.1 Å². The van der Waals surface area contributed by atoms with Crippen LogP contribution in [0.1, 0.15) is 11.5 Å². The third-order valence-electron chi connectivity index (χ3n) is 1.74. The summed E-state index contributed by atoms with van der Waals surface area (Å²) in [5, 5.41) is 15.3. The van der Waals surface area contributed by atoms with Gasteiger partial charge in [-0.05, 0) is 6.07 Å². The van der Waals surface area contributed by atoms with Crippen LogP contribution in [-0.4, -0.2) is 30.6 Å². The molecular weight excluding hydrogens is 239 g/mol. The zero-order valence-corrected chi connectivity index (χ0v) is 8.23. The molecule has 2 aromatic rings. The molecule has 2 rings (SSSR count). The van der Waals surface area contributed by atoms with Crippen molar-refractivity contribution < 1.29 is 13.2 Å². The predicted molar refractivity (Wildman–Crippen MR) is 48.5 cm³/mol. The Morgan fingerprint density at radius 3 is 2.82 bits per heavy atom. The Hall–Kier alpha value is -2.26. The number of rotatable bonds is 3. The van der Waals surface area contributed by atoms with Crippen LogP contribution in [0.3, 0.4) is 0 Å². The van der Waals surface area contributed by atoms with Crippen LogP contribution in [0.15, 0.2) is 12.3 Å². The summed E-state index contributed by atoms with van der Waals surface area (Å²) in [5.74, 6) is 0.149. The van der Waals surface area contributed by atoms with Crippen molar-refractivity contribution in [2.24, 2.45) is 0 Å². The number of H-pyrrole nitrogens is 1. The second kappa shape index (κ2) is 4.31. The highest BCUT2D eigenvalue weighted by molar-refractivity contribution is 5.26. The Bertz CT molecular complexity index is 480. The largest absolute Gasteiger partial charge is 0.433 e. The number of hydrogen-bond acceptors (Lipinski definition) is 6. The maximum absolute atomic E-state index is 12.3. The Kier molecular flexibility index (Phi) is 2.85. The maximum atomic E-state index is 12.3. The molecular formula is C7H6F3N7. The SMILES string of the molecule is FC(F)(F)c1ccnc(NCc2nn[nH]n2)n1. The number of halogens is 3. The molecule has 0 spiro atoms. The maximum Gasteiger partial charge on any atom is 0.433 e. The van der Waals surface area contributed by atoms with Gasteiger partial charge in [-0.1, -0.05) is 5.21 Å². The van der Waals surface area contributed by atoms with Crippen LogP contribution < -0.4 is 5.32 Å². The number of nitrogens with zero attached hydrogens (tertiary/aromatic N) is 5. The highest BCUT2D eigenvalue weighted by atomic mass is 19.4. The molecule has 0 aliphatic heterocycles. The fraction of sp³-hybridized carbons (Fsp3) is 0.286. The van der Waals surface area contributed by atoms with Gasteiger partial charge in [0, 0.05) is 6.20 Å². The Balaban J connectivity index is 2.07. The number of nitrogens with one attached hydrogen (secondary N) is 2. The van der Waals surface area contributed by atoms with E-state index in [1.54, 1.807) is 0 Å². The average Bonchev–Trinajstić information content (AvgIpc) is 2.78. The van der Waals surface area contributed by atoms with Crippen molar-refractivity contribution in [2.75, 3.05) is 5.32 Å². The Labute approximate surface area is 92.5 Å². The van der Waals surface area contributed by atoms with E-state index in [0.717, 1.165) is 12.3 Å². The summed E-state index contributed by atoms with van der Waals surface area (Å²) in [4.78, 5) is 6.95. The summed E-state index contributed by atoms with van der Waals surface area (Å²) in [7, 11) is 0. The quantitative estimate of drug-likeness (QED) is 0.823. The molecule has 0 unspecified atom stereocenters. The molecule has 2 N–H and O–H groups in total. The molecule has 0 radical (unpaired) electrons. The zero-order chi connectivity index (χ0) is 12.3. The highest BCUT2D eigenvalue weighted by Crippen LogP contribution is 2.27. The highest BCUT2D eigenvalue weighted by Gasteiger charge is 2.32. The molecule has 10 heteroatoms. The van der Waals surface area contributed by atoms with E-state index >= 15 is 0 Å². The number of hydrogen-bond donors (Lipinski definition) is 2. The molecule has 0 aliphatic carbocycles. The summed E-state index contributed by atoms with van der Waals surface area (Å²) < 4.78 is 37.0. The van der Waals surface area contributed by atoms with Crippen molar-refractivity contribution in [3.63, 3.8) is 0 Å². The molecule has 0 saturated heterocycles. The molecule has 7 nitrogen and oxygen atoms in total. The topological polar surface area (TPSA) is 92.3 Å². The van der Waals surface area contributed by atoms with Crippen LogP contribution in [0.25, 0.3) is 0 Å². The van der Waals surface area contributed by atoms with Crippen LogP contribution in [0, 0.1) is 0 Å². The molecule has 0 aliphatic rings. The first-order valence-corrected chi connectivity index (χ1v) is 4.42. The van der Waals surface area contributed by atoms with E-state index in [1.807, 2.05) is 0 Å². The van der Waals surface area contributed by atoms with E-state index < -0.39 is 11.9 Å². The lowest BCUT2D eigenvalue weighted by atomic mass is 10.4. The average molecular weight is 245 g/mol. The van der Waals surface area contributed by atoms with Gasteiger partial charge in [-0.15, -0.1) is 10.2 Å². The summed E-state index contributed by atoms with van der Waals surface area (Å²) in [6.07, 6.45) is -3.47. The van der Waals surface area contributed by atoms with Crippen LogP contribution >= 0.6 is 0 Å². The van der Waals surface area contributed by atoms with Gasteiger partial charge in [0.15, 0.2) is 5.82 Å². The number of tetrazole rings is 1.